The second kappa shape index (κ2) is 10.1. The maximum atomic E-state index is 9.16. The van der Waals surface area contributed by atoms with Gasteiger partial charge in [-0.1, -0.05) is 0 Å². The zero-order chi connectivity index (χ0) is 6.08. The van der Waals surface area contributed by atoms with Gasteiger partial charge in [-0.2, -0.15) is 0 Å². The second-order valence-electron chi connectivity index (χ2n) is 0.612. The van der Waals surface area contributed by atoms with Gasteiger partial charge in [-0.15, -0.1) is 0 Å². The molecular weight excluding hydrogens is 213 g/mol. The van der Waals surface area contributed by atoms with E-state index in [4.69, 9.17) is 21.7 Å². The first-order valence-corrected chi connectivity index (χ1v) is 4.00. The molecule has 0 rings (SSSR count). The standard InChI is InChI=1S/3Na.H2O5S2/c;;;1-6(2)7(3,4)5/h;;;(H,1,2)(H,3,4,5)/q3*+1;/p-2. The fraction of sp³-hybridized carbons (Fsp3) is 0. The average molecular weight is 213 g/mol. The third-order valence-corrected chi connectivity index (χ3v) is 1.50. The third kappa shape index (κ3) is 13.6. The van der Waals surface area contributed by atoms with E-state index in [9.17, 15) is 0 Å². The Morgan fingerprint density at radius 1 is 1.10 bits per heavy atom. The van der Waals surface area contributed by atoms with Gasteiger partial charge in [-0.25, -0.2) is 8.42 Å². The predicted octanol–water partition coefficient (Wildman–Crippen LogP) is -10.7. The van der Waals surface area contributed by atoms with Gasteiger partial charge in [0, 0.05) is 0 Å². The molecule has 0 fully saturated rings. The molecule has 10 heteroatoms. The van der Waals surface area contributed by atoms with Crippen molar-refractivity contribution in [3.63, 3.8) is 0 Å². The summed E-state index contributed by atoms with van der Waals surface area (Å²) < 4.78 is 45.7. The van der Waals surface area contributed by atoms with Crippen LogP contribution in [0.1, 0.15) is 0 Å². The van der Waals surface area contributed by atoms with Crippen LogP contribution in [0.5, 0.6) is 0 Å². The topological polar surface area (TPSA) is 97.3 Å². The number of hydrogen-bond donors (Lipinski definition) is 0. The second-order valence-corrected chi connectivity index (χ2v) is 3.88. The van der Waals surface area contributed by atoms with Crippen molar-refractivity contribution in [3.05, 3.63) is 0 Å². The molecule has 0 spiro atoms. The van der Waals surface area contributed by atoms with Crippen LogP contribution < -0.4 is 88.7 Å². The summed E-state index contributed by atoms with van der Waals surface area (Å²) in [6, 6.07) is 0. The van der Waals surface area contributed by atoms with E-state index >= 15 is 0 Å². The Hall–Kier alpha value is 3.02. The molecule has 0 aliphatic rings. The van der Waals surface area contributed by atoms with Crippen molar-refractivity contribution >= 4 is 19.3 Å². The van der Waals surface area contributed by atoms with Crippen molar-refractivity contribution in [1.82, 2.24) is 0 Å². The van der Waals surface area contributed by atoms with Crippen LogP contribution in [0.2, 0.25) is 0 Å². The molecule has 0 bridgehead atoms. The van der Waals surface area contributed by atoms with Gasteiger partial charge in [0.1, 0.15) is 0 Å². The molecular formula is Na3O5S2+. The van der Waals surface area contributed by atoms with Crippen molar-refractivity contribution in [2.24, 2.45) is 0 Å². The Kier molecular flexibility index (Phi) is 23.4. The van der Waals surface area contributed by atoms with E-state index < -0.39 is 19.3 Å². The van der Waals surface area contributed by atoms with Gasteiger partial charge in [-0.3, -0.25) is 4.21 Å². The molecule has 0 saturated heterocycles. The van der Waals surface area contributed by atoms with Gasteiger partial charge >= 0.3 is 88.7 Å². The summed E-state index contributed by atoms with van der Waals surface area (Å²) in [4.78, 5) is 0. The Balaban J connectivity index is -0.0000000600. The molecule has 0 aromatic carbocycles. The van der Waals surface area contributed by atoms with Gasteiger partial charge in [0.2, 0.25) is 0 Å². The maximum Gasteiger partial charge on any atom is 1.00 e. The van der Waals surface area contributed by atoms with Crippen molar-refractivity contribution in [2.45, 2.75) is 0 Å². The molecule has 0 N–H and O–H groups in total. The molecule has 0 amide bonds. The van der Waals surface area contributed by atoms with Gasteiger partial charge < -0.3 is 9.11 Å². The smallest absolute Gasteiger partial charge is 0.761 e. The van der Waals surface area contributed by atoms with E-state index in [1.54, 1.807) is 0 Å². The third-order valence-electron chi connectivity index (χ3n) is 0.167. The van der Waals surface area contributed by atoms with Crippen LogP contribution in [0.3, 0.4) is 0 Å². The first kappa shape index (κ1) is 23.1. The summed E-state index contributed by atoms with van der Waals surface area (Å²) in [7, 11) is -8.59. The molecule has 0 aromatic rings. The number of rotatable bonds is 1. The molecule has 0 saturated carbocycles. The summed E-state index contributed by atoms with van der Waals surface area (Å²) in [6.07, 6.45) is 0. The maximum absolute atomic E-state index is 9.16. The molecule has 0 heterocycles. The van der Waals surface area contributed by atoms with Crippen LogP contribution in [0.25, 0.3) is 0 Å². The summed E-state index contributed by atoms with van der Waals surface area (Å²) in [5.74, 6) is 0. The Morgan fingerprint density at radius 3 is 1.20 bits per heavy atom. The van der Waals surface area contributed by atoms with E-state index in [2.05, 4.69) is 0 Å². The first-order valence-electron chi connectivity index (χ1n) is 1.00. The van der Waals surface area contributed by atoms with Crippen molar-refractivity contribution in [1.29, 1.82) is 0 Å². The SMILES string of the molecule is O=S([O-])S(=O)(=O)[O-].[Na+].[Na+].[Na+]. The first-order chi connectivity index (χ1) is 2.94. The minimum Gasteiger partial charge on any atom is -0.761 e. The Bertz CT molecular complexity index is 169. The van der Waals surface area contributed by atoms with E-state index in [0.29, 0.717) is 0 Å². The molecule has 0 aliphatic carbocycles. The van der Waals surface area contributed by atoms with Crippen LogP contribution in [0.15, 0.2) is 0 Å². The fourth-order valence-electron chi connectivity index (χ4n) is 0. The van der Waals surface area contributed by atoms with Crippen molar-refractivity contribution in [3.8, 4) is 0 Å². The summed E-state index contributed by atoms with van der Waals surface area (Å²) >= 11 is 0. The van der Waals surface area contributed by atoms with Gasteiger partial charge in [0.05, 0.1) is 10.1 Å². The monoisotopic (exact) mass is 213 g/mol. The van der Waals surface area contributed by atoms with Crippen LogP contribution in [-0.4, -0.2) is 21.7 Å². The summed E-state index contributed by atoms with van der Waals surface area (Å²) in [6.45, 7) is 0. The number of hydrogen-bond acceptors (Lipinski definition) is 5. The van der Waals surface area contributed by atoms with Crippen molar-refractivity contribution in [2.75, 3.05) is 0 Å². The van der Waals surface area contributed by atoms with E-state index in [-0.39, 0.29) is 88.7 Å². The van der Waals surface area contributed by atoms with Gasteiger partial charge in [0.25, 0.3) is 0 Å². The normalized spacial score (nSPS) is 11.4. The van der Waals surface area contributed by atoms with Crippen LogP contribution in [0, 0.1) is 0 Å². The van der Waals surface area contributed by atoms with Crippen LogP contribution in [-0.2, 0) is 19.3 Å². The zero-order valence-corrected chi connectivity index (χ0v) is 13.5. The van der Waals surface area contributed by atoms with E-state index in [1.807, 2.05) is 0 Å². The minimum absolute atomic E-state index is 0. The van der Waals surface area contributed by atoms with E-state index in [1.165, 1.54) is 0 Å². The molecule has 0 aliphatic heterocycles. The fourth-order valence-corrected chi connectivity index (χ4v) is 0. The molecule has 1 atom stereocenters. The quantitative estimate of drug-likeness (QED) is 0.186. The largest absolute Gasteiger partial charge is 1.00 e. The van der Waals surface area contributed by atoms with Gasteiger partial charge in [-0.05, 0) is 0 Å². The summed E-state index contributed by atoms with van der Waals surface area (Å²) in [5, 5.41) is 0. The predicted molar refractivity (Wildman–Crippen MR) is 18.6 cm³/mol. The Labute approximate surface area is 127 Å². The van der Waals surface area contributed by atoms with Gasteiger partial charge in [0.15, 0.2) is 9.15 Å². The Morgan fingerprint density at radius 2 is 1.20 bits per heavy atom. The molecule has 44 valence electrons. The van der Waals surface area contributed by atoms with Crippen molar-refractivity contribution < 1.29 is 110 Å². The molecule has 0 radical (unpaired) electrons. The molecule has 5 nitrogen and oxygen atoms in total. The van der Waals surface area contributed by atoms with Crippen LogP contribution >= 0.6 is 0 Å². The molecule has 10 heavy (non-hydrogen) atoms. The molecule has 0 aromatic heterocycles. The minimum atomic E-state index is -5.07. The molecule has 1 unspecified atom stereocenters. The average Bonchev–Trinajstić information content (AvgIpc) is 1.31. The zero-order valence-electron chi connectivity index (χ0n) is 5.86. The van der Waals surface area contributed by atoms with Crippen LogP contribution in [0.4, 0.5) is 0 Å². The summed E-state index contributed by atoms with van der Waals surface area (Å²) in [5.41, 5.74) is 0. The van der Waals surface area contributed by atoms with E-state index in [0.717, 1.165) is 0 Å².